The van der Waals surface area contributed by atoms with Gasteiger partial charge in [-0.25, -0.2) is 0 Å². The van der Waals surface area contributed by atoms with E-state index in [0.717, 1.165) is 43.1 Å². The molecule has 0 saturated carbocycles. The smallest absolute Gasteiger partial charge is 0.311 e. The molecule has 0 atom stereocenters. The minimum Gasteiger partial charge on any atom is -0.426 e. The summed E-state index contributed by atoms with van der Waals surface area (Å²) in [5, 5.41) is 27.9. The van der Waals surface area contributed by atoms with E-state index in [9.17, 15) is 9.59 Å². The van der Waals surface area contributed by atoms with Crippen LogP contribution >= 0.6 is 0 Å². The third-order valence-corrected chi connectivity index (χ3v) is 12.9. The summed E-state index contributed by atoms with van der Waals surface area (Å²) >= 11 is 0. The summed E-state index contributed by atoms with van der Waals surface area (Å²) < 4.78 is 12.3. The molecule has 4 nitrogen and oxygen atoms in total. The zero-order valence-corrected chi connectivity index (χ0v) is 29.7. The Bertz CT molecular complexity index is 3590. The Morgan fingerprint density at radius 1 is 0.286 bits per heavy atom. The van der Waals surface area contributed by atoms with Gasteiger partial charge in [0.1, 0.15) is 11.5 Å². The summed E-state index contributed by atoms with van der Waals surface area (Å²) in [4.78, 5) is 27.3. The number of ether oxygens (including phenoxy) is 2. The highest BCUT2D eigenvalue weighted by atomic mass is 16.5. The first-order valence-corrected chi connectivity index (χ1v) is 19.2. The van der Waals surface area contributed by atoms with Gasteiger partial charge in [0, 0.05) is 21.5 Å². The largest absolute Gasteiger partial charge is 0.426 e. The molecular formula is C52H26O4. The van der Waals surface area contributed by atoms with Gasteiger partial charge in [-0.05, 0) is 132 Å². The number of hydrogen-bond donors (Lipinski definition) is 0. The van der Waals surface area contributed by atoms with Gasteiger partial charge in [-0.2, -0.15) is 0 Å². The van der Waals surface area contributed by atoms with Crippen molar-refractivity contribution >= 4 is 141 Å². The van der Waals surface area contributed by atoms with Crippen LogP contribution in [0.1, 0.15) is 12.8 Å². The predicted octanol–water partition coefficient (Wildman–Crippen LogP) is 13.4. The zero-order chi connectivity index (χ0) is 36.6. The molecule has 0 fully saturated rings. The van der Waals surface area contributed by atoms with Crippen molar-refractivity contribution in [2.45, 2.75) is 12.8 Å². The van der Waals surface area contributed by atoms with Crippen molar-refractivity contribution in [3.8, 4) is 11.5 Å². The van der Waals surface area contributed by atoms with Crippen LogP contribution < -0.4 is 9.47 Å². The van der Waals surface area contributed by atoms with Crippen LogP contribution in [-0.4, -0.2) is 11.9 Å². The second kappa shape index (κ2) is 9.86. The minimum absolute atomic E-state index is 0.109. The summed E-state index contributed by atoms with van der Waals surface area (Å²) in [6, 6.07) is 47.3. The number of benzene rings is 14. The predicted molar refractivity (Wildman–Crippen MR) is 231 cm³/mol. The Balaban J connectivity index is 0.835. The van der Waals surface area contributed by atoms with Gasteiger partial charge in [-0.15, -0.1) is 0 Å². The number of rotatable bonds is 5. The van der Waals surface area contributed by atoms with Crippen molar-refractivity contribution in [1.29, 1.82) is 0 Å². The molecule has 0 amide bonds. The molecule has 0 radical (unpaired) electrons. The van der Waals surface area contributed by atoms with Gasteiger partial charge in [-0.3, -0.25) is 9.59 Å². The molecule has 4 heteroatoms. The van der Waals surface area contributed by atoms with Crippen molar-refractivity contribution in [2.75, 3.05) is 0 Å². The van der Waals surface area contributed by atoms with Crippen molar-refractivity contribution in [3.05, 3.63) is 133 Å². The van der Waals surface area contributed by atoms with E-state index in [1.165, 1.54) is 86.2 Å². The fraction of sp³-hybridized carbons (Fsp3) is 0.0385. The first kappa shape index (κ1) is 29.1. The SMILES string of the molecule is O=C(CCC(=O)Oc1cc2ccc3ccc4ccc5ccc6ccc1c1c6c5c4c3c21)Oc1cc2ccc3ccc4ccc5ccc6ccc1c1c6c5c4c3c21. The fourth-order valence-corrected chi connectivity index (χ4v) is 10.6. The second-order valence-corrected chi connectivity index (χ2v) is 15.7. The lowest BCUT2D eigenvalue weighted by molar-refractivity contribution is -0.140. The van der Waals surface area contributed by atoms with Crippen LogP contribution in [0, 0.1) is 0 Å². The zero-order valence-electron chi connectivity index (χ0n) is 29.7. The molecule has 0 aromatic heterocycles. The molecule has 14 aromatic rings. The molecule has 0 bridgehead atoms. The van der Waals surface area contributed by atoms with Gasteiger partial charge < -0.3 is 9.47 Å². The van der Waals surface area contributed by atoms with E-state index in [0.29, 0.717) is 11.5 Å². The van der Waals surface area contributed by atoms with Gasteiger partial charge in [0.25, 0.3) is 0 Å². The highest BCUT2D eigenvalue weighted by Gasteiger charge is 2.25. The summed E-state index contributed by atoms with van der Waals surface area (Å²) in [6.07, 6.45) is -0.217. The van der Waals surface area contributed by atoms with E-state index in [1.807, 2.05) is 12.1 Å². The number of carbonyl (C=O) groups excluding carboxylic acids is 2. The van der Waals surface area contributed by atoms with Crippen LogP contribution in [0.15, 0.2) is 133 Å². The van der Waals surface area contributed by atoms with E-state index in [2.05, 4.69) is 121 Å². The van der Waals surface area contributed by atoms with Crippen molar-refractivity contribution < 1.29 is 19.1 Å². The first-order chi connectivity index (χ1) is 27.6. The Labute approximate surface area is 317 Å². The third kappa shape index (κ3) is 3.47. The Morgan fingerprint density at radius 3 is 0.786 bits per heavy atom. The Hall–Kier alpha value is -7.30. The van der Waals surface area contributed by atoms with Crippen LogP contribution in [0.3, 0.4) is 0 Å². The van der Waals surface area contributed by atoms with Crippen molar-refractivity contribution in [3.63, 3.8) is 0 Å². The van der Waals surface area contributed by atoms with Crippen molar-refractivity contribution in [2.24, 2.45) is 0 Å². The maximum Gasteiger partial charge on any atom is 0.311 e. The van der Waals surface area contributed by atoms with Crippen LogP contribution in [0.25, 0.3) is 129 Å². The lowest BCUT2D eigenvalue weighted by atomic mass is 9.83. The van der Waals surface area contributed by atoms with E-state index >= 15 is 0 Å². The van der Waals surface area contributed by atoms with Gasteiger partial charge >= 0.3 is 11.9 Å². The van der Waals surface area contributed by atoms with Gasteiger partial charge in [0.05, 0.1) is 12.8 Å². The summed E-state index contributed by atoms with van der Waals surface area (Å²) in [7, 11) is 0. The molecular weight excluding hydrogens is 689 g/mol. The molecule has 0 aliphatic heterocycles. The van der Waals surface area contributed by atoms with Crippen LogP contribution in [-0.2, 0) is 9.59 Å². The highest BCUT2D eigenvalue weighted by molar-refractivity contribution is 6.46. The second-order valence-electron chi connectivity index (χ2n) is 15.7. The molecule has 56 heavy (non-hydrogen) atoms. The Kier molecular flexibility index (Phi) is 5.13. The summed E-state index contributed by atoms with van der Waals surface area (Å²) in [6.45, 7) is 0. The molecule has 0 aliphatic rings. The molecule has 14 aromatic carbocycles. The molecule has 0 saturated heterocycles. The minimum atomic E-state index is -0.472. The van der Waals surface area contributed by atoms with Crippen LogP contribution in [0.5, 0.6) is 11.5 Å². The monoisotopic (exact) mass is 714 g/mol. The average molecular weight is 715 g/mol. The standard InChI is InChI=1S/C52H26O4/c53-39(55-37-23-33-15-13-29-7-3-25-1-5-27-9-11-31-17-19-35(37)51-47(31)43(27)41(25)45(29)49(33)51)21-22-40(54)56-38-24-34-16-14-30-8-4-26-2-6-28-10-12-32-18-20-36(38)52-48(32)44(28)42(26)46(30)50(34)52/h1-20,23-24H,21-22H2. The number of esters is 2. The maximum absolute atomic E-state index is 13.6. The molecule has 0 spiro atoms. The fourth-order valence-electron chi connectivity index (χ4n) is 10.6. The van der Waals surface area contributed by atoms with Gasteiger partial charge in [0.15, 0.2) is 0 Å². The van der Waals surface area contributed by atoms with E-state index in [-0.39, 0.29) is 12.8 Å². The molecule has 258 valence electrons. The summed E-state index contributed by atoms with van der Waals surface area (Å²) in [5.74, 6) is 0.0653. The summed E-state index contributed by atoms with van der Waals surface area (Å²) in [5.41, 5.74) is 0. The average Bonchev–Trinajstić information content (AvgIpc) is 3.23. The van der Waals surface area contributed by atoms with E-state index in [4.69, 9.17) is 9.47 Å². The molecule has 14 rings (SSSR count). The van der Waals surface area contributed by atoms with Gasteiger partial charge in [-0.1, -0.05) is 109 Å². The quantitative estimate of drug-likeness (QED) is 0.0771. The molecule has 0 aliphatic carbocycles. The lowest BCUT2D eigenvalue weighted by Crippen LogP contribution is -2.14. The van der Waals surface area contributed by atoms with E-state index in [1.54, 1.807) is 0 Å². The highest BCUT2D eigenvalue weighted by Crippen LogP contribution is 2.52. The molecule has 0 heterocycles. The maximum atomic E-state index is 13.6. The number of hydrogen-bond acceptors (Lipinski definition) is 4. The molecule has 0 unspecified atom stereocenters. The lowest BCUT2D eigenvalue weighted by Gasteiger charge is -2.22. The van der Waals surface area contributed by atoms with Crippen molar-refractivity contribution in [1.82, 2.24) is 0 Å². The molecule has 0 N–H and O–H groups in total. The number of carbonyl (C=O) groups is 2. The van der Waals surface area contributed by atoms with E-state index < -0.39 is 11.9 Å². The van der Waals surface area contributed by atoms with Crippen LogP contribution in [0.4, 0.5) is 0 Å². The van der Waals surface area contributed by atoms with Crippen LogP contribution in [0.2, 0.25) is 0 Å². The third-order valence-electron chi connectivity index (χ3n) is 12.9. The first-order valence-electron chi connectivity index (χ1n) is 19.2. The topological polar surface area (TPSA) is 52.6 Å². The Morgan fingerprint density at radius 2 is 0.500 bits per heavy atom. The van der Waals surface area contributed by atoms with Gasteiger partial charge in [0.2, 0.25) is 0 Å². The normalized spacial score (nSPS) is 12.9.